The van der Waals surface area contributed by atoms with E-state index in [0.29, 0.717) is 11.0 Å². The molecule has 1 heterocycles. The molecule has 0 radical (unpaired) electrons. The molecule has 0 amide bonds. The van der Waals surface area contributed by atoms with Crippen molar-refractivity contribution >= 4 is 11.6 Å². The predicted octanol–water partition coefficient (Wildman–Crippen LogP) is 3.09. The molecule has 0 aromatic carbocycles. The molecule has 82 valence electrons. The summed E-state index contributed by atoms with van der Waals surface area (Å²) >= 11 is 5.73. The molecular weight excluding hydrogens is 212 g/mol. The summed E-state index contributed by atoms with van der Waals surface area (Å²) in [5, 5.41) is 0.386. The van der Waals surface area contributed by atoms with E-state index in [4.69, 9.17) is 16.3 Å². The lowest BCUT2D eigenvalue weighted by atomic mass is 9.89. The zero-order valence-corrected chi connectivity index (χ0v) is 9.57. The van der Waals surface area contributed by atoms with Crippen molar-refractivity contribution in [2.75, 3.05) is 0 Å². The molecule has 1 aromatic rings. The van der Waals surface area contributed by atoms with Crippen LogP contribution >= 0.6 is 11.6 Å². The maximum atomic E-state index is 5.73. The Hall–Kier alpha value is -0.830. The van der Waals surface area contributed by atoms with E-state index in [1.807, 2.05) is 0 Å². The van der Waals surface area contributed by atoms with Crippen molar-refractivity contribution in [2.45, 2.75) is 38.7 Å². The number of hydrogen-bond donors (Lipinski definition) is 0. The molecule has 0 unspecified atom stereocenters. The molecule has 0 spiro atoms. The van der Waals surface area contributed by atoms with Crippen molar-refractivity contribution in [3.8, 4) is 5.88 Å². The topological polar surface area (TPSA) is 35.0 Å². The molecule has 0 N–H and O–H groups in total. The fraction of sp³-hybridized carbons (Fsp3) is 0.636. The molecule has 15 heavy (non-hydrogen) atoms. The van der Waals surface area contributed by atoms with Gasteiger partial charge in [0.05, 0.1) is 12.4 Å². The van der Waals surface area contributed by atoms with Crippen LogP contribution in [0, 0.1) is 5.92 Å². The molecular formula is C11H15ClN2O. The van der Waals surface area contributed by atoms with Gasteiger partial charge in [0.25, 0.3) is 0 Å². The van der Waals surface area contributed by atoms with Gasteiger partial charge in [0.15, 0.2) is 5.15 Å². The number of hydrogen-bond acceptors (Lipinski definition) is 3. The molecule has 1 saturated carbocycles. The van der Waals surface area contributed by atoms with E-state index >= 15 is 0 Å². The van der Waals surface area contributed by atoms with Crippen LogP contribution in [0.3, 0.4) is 0 Å². The molecule has 0 saturated heterocycles. The van der Waals surface area contributed by atoms with E-state index in [9.17, 15) is 0 Å². The summed E-state index contributed by atoms with van der Waals surface area (Å²) in [5.74, 6) is 1.37. The monoisotopic (exact) mass is 226 g/mol. The van der Waals surface area contributed by atoms with Crippen LogP contribution in [0.2, 0.25) is 5.15 Å². The quantitative estimate of drug-likeness (QED) is 0.778. The van der Waals surface area contributed by atoms with Crippen molar-refractivity contribution in [2.24, 2.45) is 5.92 Å². The molecule has 1 fully saturated rings. The Morgan fingerprint density at radius 3 is 2.67 bits per heavy atom. The number of nitrogens with zero attached hydrogens (tertiary/aromatic N) is 2. The van der Waals surface area contributed by atoms with E-state index in [0.717, 1.165) is 18.8 Å². The summed E-state index contributed by atoms with van der Waals surface area (Å²) in [6, 6.07) is 0. The standard InChI is InChI=1S/C11H15ClN2O/c1-8-2-4-9(5-3-8)15-11-7-13-6-10(12)14-11/h6-9H,2-5H2,1H3. The first-order valence-corrected chi connectivity index (χ1v) is 5.76. The molecule has 1 aliphatic rings. The van der Waals surface area contributed by atoms with Crippen LogP contribution in [0.5, 0.6) is 5.88 Å². The molecule has 0 aliphatic heterocycles. The van der Waals surface area contributed by atoms with E-state index < -0.39 is 0 Å². The summed E-state index contributed by atoms with van der Waals surface area (Å²) in [6.45, 7) is 2.29. The molecule has 4 heteroatoms. The highest BCUT2D eigenvalue weighted by molar-refractivity contribution is 6.29. The smallest absolute Gasteiger partial charge is 0.234 e. The van der Waals surface area contributed by atoms with Crippen LogP contribution in [0.25, 0.3) is 0 Å². The number of rotatable bonds is 2. The van der Waals surface area contributed by atoms with Crippen molar-refractivity contribution in [3.05, 3.63) is 17.5 Å². The van der Waals surface area contributed by atoms with Gasteiger partial charge in [0.1, 0.15) is 6.10 Å². The van der Waals surface area contributed by atoms with Crippen LogP contribution in [0.15, 0.2) is 12.4 Å². The average molecular weight is 227 g/mol. The minimum absolute atomic E-state index is 0.286. The summed E-state index contributed by atoms with van der Waals surface area (Å²) in [7, 11) is 0. The lowest BCUT2D eigenvalue weighted by Crippen LogP contribution is -2.23. The third-order valence-corrected chi connectivity index (χ3v) is 3.02. The number of ether oxygens (including phenoxy) is 1. The fourth-order valence-electron chi connectivity index (χ4n) is 1.90. The largest absolute Gasteiger partial charge is 0.473 e. The SMILES string of the molecule is CC1CCC(Oc2cncc(Cl)n2)CC1. The van der Waals surface area contributed by atoms with Crippen molar-refractivity contribution in [3.63, 3.8) is 0 Å². The second kappa shape index (κ2) is 4.79. The van der Waals surface area contributed by atoms with Gasteiger partial charge in [-0.25, -0.2) is 0 Å². The Kier molecular flexibility index (Phi) is 3.41. The van der Waals surface area contributed by atoms with Crippen LogP contribution < -0.4 is 4.74 Å². The van der Waals surface area contributed by atoms with Gasteiger partial charge in [0, 0.05) is 0 Å². The maximum Gasteiger partial charge on any atom is 0.234 e. The fourth-order valence-corrected chi connectivity index (χ4v) is 2.04. The average Bonchev–Trinajstić information content (AvgIpc) is 2.22. The Morgan fingerprint density at radius 2 is 2.00 bits per heavy atom. The molecule has 1 aromatic heterocycles. The second-order valence-electron chi connectivity index (χ2n) is 4.18. The van der Waals surface area contributed by atoms with Gasteiger partial charge >= 0.3 is 0 Å². The normalized spacial score (nSPS) is 26.3. The lowest BCUT2D eigenvalue weighted by molar-refractivity contribution is 0.129. The summed E-state index contributed by atoms with van der Waals surface area (Å²) < 4.78 is 5.73. The first-order chi connectivity index (χ1) is 7.24. The van der Waals surface area contributed by atoms with Crippen LogP contribution in [0.4, 0.5) is 0 Å². The van der Waals surface area contributed by atoms with Gasteiger partial charge in [0.2, 0.25) is 5.88 Å². The highest BCUT2D eigenvalue weighted by Crippen LogP contribution is 2.26. The first kappa shape index (κ1) is 10.7. The Morgan fingerprint density at radius 1 is 1.27 bits per heavy atom. The molecule has 3 nitrogen and oxygen atoms in total. The zero-order chi connectivity index (χ0) is 10.7. The van der Waals surface area contributed by atoms with Crippen LogP contribution in [-0.2, 0) is 0 Å². The van der Waals surface area contributed by atoms with E-state index in [-0.39, 0.29) is 6.10 Å². The first-order valence-electron chi connectivity index (χ1n) is 5.38. The summed E-state index contributed by atoms with van der Waals surface area (Å²) in [4.78, 5) is 8.01. The highest BCUT2D eigenvalue weighted by Gasteiger charge is 2.19. The van der Waals surface area contributed by atoms with Crippen molar-refractivity contribution in [1.82, 2.24) is 9.97 Å². The minimum Gasteiger partial charge on any atom is -0.473 e. The maximum absolute atomic E-state index is 5.73. The van der Waals surface area contributed by atoms with E-state index in [1.54, 1.807) is 6.20 Å². The number of aromatic nitrogens is 2. The predicted molar refractivity (Wildman–Crippen MR) is 59.1 cm³/mol. The zero-order valence-electron chi connectivity index (χ0n) is 8.82. The van der Waals surface area contributed by atoms with Gasteiger partial charge in [-0.2, -0.15) is 4.98 Å². The van der Waals surface area contributed by atoms with Crippen LogP contribution in [0.1, 0.15) is 32.6 Å². The number of halogens is 1. The van der Waals surface area contributed by atoms with E-state index in [2.05, 4.69) is 16.9 Å². The van der Waals surface area contributed by atoms with Crippen molar-refractivity contribution in [1.29, 1.82) is 0 Å². The third kappa shape index (κ3) is 3.06. The van der Waals surface area contributed by atoms with Gasteiger partial charge in [-0.3, -0.25) is 4.98 Å². The Labute approximate surface area is 94.8 Å². The Bertz CT molecular complexity index is 324. The third-order valence-electron chi connectivity index (χ3n) is 2.83. The lowest BCUT2D eigenvalue weighted by Gasteiger charge is -2.26. The molecule has 0 atom stereocenters. The summed E-state index contributed by atoms with van der Waals surface area (Å²) in [5.41, 5.74) is 0. The van der Waals surface area contributed by atoms with Crippen molar-refractivity contribution < 1.29 is 4.74 Å². The highest BCUT2D eigenvalue weighted by atomic mass is 35.5. The van der Waals surface area contributed by atoms with Crippen LogP contribution in [-0.4, -0.2) is 16.1 Å². The molecule has 0 bridgehead atoms. The van der Waals surface area contributed by atoms with E-state index in [1.165, 1.54) is 19.0 Å². The minimum atomic E-state index is 0.286. The summed E-state index contributed by atoms with van der Waals surface area (Å²) in [6.07, 6.45) is 8.09. The van der Waals surface area contributed by atoms with Gasteiger partial charge in [-0.05, 0) is 31.6 Å². The molecule has 2 rings (SSSR count). The molecule has 1 aliphatic carbocycles. The van der Waals surface area contributed by atoms with Gasteiger partial charge < -0.3 is 4.74 Å². The van der Waals surface area contributed by atoms with Gasteiger partial charge in [-0.15, -0.1) is 0 Å². The van der Waals surface area contributed by atoms with Gasteiger partial charge in [-0.1, -0.05) is 18.5 Å². The second-order valence-corrected chi connectivity index (χ2v) is 4.57. The Balaban J connectivity index is 1.92.